The molecule has 2 heterocycles. The highest BCUT2D eigenvalue weighted by atomic mass is 16.3. The lowest BCUT2D eigenvalue weighted by Gasteiger charge is -2.28. The number of hydrogen-bond acceptors (Lipinski definition) is 5. The Kier molecular flexibility index (Phi) is 4.78. The van der Waals surface area contributed by atoms with E-state index >= 15 is 0 Å². The van der Waals surface area contributed by atoms with E-state index in [2.05, 4.69) is 25.8 Å². The van der Waals surface area contributed by atoms with Crippen molar-refractivity contribution in [1.82, 2.24) is 25.8 Å². The van der Waals surface area contributed by atoms with Gasteiger partial charge in [0.05, 0.1) is 18.4 Å². The van der Waals surface area contributed by atoms with Crippen molar-refractivity contribution in [3.8, 4) is 0 Å². The third-order valence-electron chi connectivity index (χ3n) is 4.20. The molecule has 0 bridgehead atoms. The van der Waals surface area contributed by atoms with Crippen molar-refractivity contribution in [3.05, 3.63) is 40.5 Å². The molecule has 9 heteroatoms. The van der Waals surface area contributed by atoms with Crippen molar-refractivity contribution in [2.45, 2.75) is 38.3 Å². The molecule has 128 valence electrons. The van der Waals surface area contributed by atoms with Crippen LogP contribution in [0.4, 0.5) is 0 Å². The number of furan rings is 1. The highest BCUT2D eigenvalue weighted by Gasteiger charge is 2.27. The third-order valence-corrected chi connectivity index (χ3v) is 4.20. The van der Waals surface area contributed by atoms with Gasteiger partial charge < -0.3 is 15.1 Å². The second-order valence-corrected chi connectivity index (χ2v) is 5.88. The molecule has 0 radical (unpaired) electrons. The van der Waals surface area contributed by atoms with E-state index in [-0.39, 0.29) is 30.3 Å². The summed E-state index contributed by atoms with van der Waals surface area (Å²) in [7, 11) is 0. The average molecular weight is 333 g/mol. The van der Waals surface area contributed by atoms with E-state index in [1.807, 2.05) is 0 Å². The molecule has 9 nitrogen and oxygen atoms in total. The van der Waals surface area contributed by atoms with E-state index in [4.69, 9.17) is 4.42 Å². The first-order valence-corrected chi connectivity index (χ1v) is 7.86. The van der Waals surface area contributed by atoms with Gasteiger partial charge in [-0.3, -0.25) is 14.6 Å². The van der Waals surface area contributed by atoms with Crippen LogP contribution in [0.5, 0.6) is 0 Å². The number of nitrogens with one attached hydrogen (secondary N) is 4. The van der Waals surface area contributed by atoms with Crippen LogP contribution in [0, 0.1) is 5.92 Å². The quantitative estimate of drug-likeness (QED) is 0.624. The van der Waals surface area contributed by atoms with Crippen LogP contribution < -0.4 is 16.3 Å². The van der Waals surface area contributed by atoms with E-state index in [1.54, 1.807) is 6.07 Å². The molecule has 0 aliphatic heterocycles. The average Bonchev–Trinajstić information content (AvgIpc) is 3.25. The SMILES string of the molecule is O=C(NC1CCC(C(=O)NCc2n[nH]c(=O)[nH]2)CC1)c1ccoc1. The Hall–Kier alpha value is -2.84. The maximum atomic E-state index is 12.2. The minimum atomic E-state index is -0.395. The van der Waals surface area contributed by atoms with Crippen LogP contribution >= 0.6 is 0 Å². The van der Waals surface area contributed by atoms with Gasteiger partial charge in [0.2, 0.25) is 5.91 Å². The molecule has 0 atom stereocenters. The Morgan fingerprint density at radius 3 is 2.71 bits per heavy atom. The van der Waals surface area contributed by atoms with Gasteiger partial charge in [-0.1, -0.05) is 0 Å². The monoisotopic (exact) mass is 333 g/mol. The van der Waals surface area contributed by atoms with Gasteiger partial charge in [0, 0.05) is 12.0 Å². The summed E-state index contributed by atoms with van der Waals surface area (Å²) in [5, 5.41) is 11.7. The maximum Gasteiger partial charge on any atom is 0.340 e. The van der Waals surface area contributed by atoms with Crippen LogP contribution in [-0.2, 0) is 11.3 Å². The fourth-order valence-electron chi connectivity index (χ4n) is 2.87. The molecular formula is C15H19N5O4. The van der Waals surface area contributed by atoms with E-state index in [0.29, 0.717) is 24.2 Å². The molecule has 0 aromatic carbocycles. The van der Waals surface area contributed by atoms with Crippen LogP contribution in [0.15, 0.2) is 27.8 Å². The number of aromatic amines is 2. The van der Waals surface area contributed by atoms with E-state index in [0.717, 1.165) is 12.8 Å². The van der Waals surface area contributed by atoms with E-state index in [1.165, 1.54) is 12.5 Å². The summed E-state index contributed by atoms with van der Waals surface area (Å²) < 4.78 is 4.90. The minimum absolute atomic E-state index is 0.0570. The van der Waals surface area contributed by atoms with Gasteiger partial charge in [0.25, 0.3) is 5.91 Å². The predicted molar refractivity (Wildman–Crippen MR) is 83.0 cm³/mol. The van der Waals surface area contributed by atoms with Crippen molar-refractivity contribution in [1.29, 1.82) is 0 Å². The molecule has 3 rings (SSSR count). The number of aromatic nitrogens is 3. The Bertz CT molecular complexity index is 740. The standard InChI is InChI=1S/C15H19N5O4/c21-13(16-7-12-18-15(23)20-19-12)9-1-3-11(4-2-9)17-14(22)10-5-6-24-8-10/h5-6,8-9,11H,1-4,7H2,(H,16,21)(H,17,22)(H2,18,19,20,23). The Balaban J connectivity index is 1.42. The van der Waals surface area contributed by atoms with Crippen molar-refractivity contribution < 1.29 is 14.0 Å². The zero-order chi connectivity index (χ0) is 16.9. The predicted octanol–water partition coefficient (Wildman–Crippen LogP) is 0.296. The maximum absolute atomic E-state index is 12.2. The molecule has 4 N–H and O–H groups in total. The first-order valence-electron chi connectivity index (χ1n) is 7.86. The highest BCUT2D eigenvalue weighted by molar-refractivity contribution is 5.93. The molecule has 2 amide bonds. The first kappa shape index (κ1) is 16.0. The lowest BCUT2D eigenvalue weighted by Crippen LogP contribution is -2.40. The molecule has 0 spiro atoms. The van der Waals surface area contributed by atoms with Gasteiger partial charge in [-0.25, -0.2) is 9.89 Å². The minimum Gasteiger partial charge on any atom is -0.472 e. The van der Waals surface area contributed by atoms with Crippen molar-refractivity contribution in [2.24, 2.45) is 5.92 Å². The molecule has 24 heavy (non-hydrogen) atoms. The number of H-pyrrole nitrogens is 2. The second kappa shape index (κ2) is 7.16. The van der Waals surface area contributed by atoms with Crippen LogP contribution in [0.25, 0.3) is 0 Å². The molecule has 1 aliphatic carbocycles. The number of hydrogen-bond donors (Lipinski definition) is 4. The fraction of sp³-hybridized carbons (Fsp3) is 0.467. The van der Waals surface area contributed by atoms with Crippen LogP contribution in [0.2, 0.25) is 0 Å². The molecular weight excluding hydrogens is 314 g/mol. The summed E-state index contributed by atoms with van der Waals surface area (Å²) >= 11 is 0. The summed E-state index contributed by atoms with van der Waals surface area (Å²) in [6, 6.07) is 1.69. The summed E-state index contributed by atoms with van der Waals surface area (Å²) in [5.74, 6) is 0.102. The largest absolute Gasteiger partial charge is 0.472 e. The second-order valence-electron chi connectivity index (χ2n) is 5.88. The summed E-state index contributed by atoms with van der Waals surface area (Å²) in [6.45, 7) is 0.189. The lowest BCUT2D eigenvalue weighted by atomic mass is 9.85. The van der Waals surface area contributed by atoms with Crippen LogP contribution in [-0.4, -0.2) is 33.0 Å². The summed E-state index contributed by atoms with van der Waals surface area (Å²) in [5.41, 5.74) is 0.107. The van der Waals surface area contributed by atoms with Gasteiger partial charge in [0.1, 0.15) is 12.1 Å². The Morgan fingerprint density at radius 2 is 2.08 bits per heavy atom. The van der Waals surface area contributed by atoms with Crippen molar-refractivity contribution in [2.75, 3.05) is 0 Å². The number of rotatable bonds is 5. The number of amides is 2. The number of carbonyl (C=O) groups excluding carboxylic acids is 2. The highest BCUT2D eigenvalue weighted by Crippen LogP contribution is 2.24. The van der Waals surface area contributed by atoms with Gasteiger partial charge in [-0.15, -0.1) is 0 Å². The van der Waals surface area contributed by atoms with Gasteiger partial charge in [-0.2, -0.15) is 5.10 Å². The normalized spacial score (nSPS) is 20.5. The van der Waals surface area contributed by atoms with Gasteiger partial charge in [0.15, 0.2) is 0 Å². The number of nitrogens with zero attached hydrogens (tertiary/aromatic N) is 1. The Morgan fingerprint density at radius 1 is 1.29 bits per heavy atom. The van der Waals surface area contributed by atoms with Crippen LogP contribution in [0.1, 0.15) is 41.9 Å². The molecule has 2 aromatic rings. The molecule has 1 aliphatic rings. The zero-order valence-electron chi connectivity index (χ0n) is 13.0. The van der Waals surface area contributed by atoms with Crippen LogP contribution in [0.3, 0.4) is 0 Å². The zero-order valence-corrected chi connectivity index (χ0v) is 13.0. The smallest absolute Gasteiger partial charge is 0.340 e. The first-order chi connectivity index (χ1) is 11.6. The summed E-state index contributed by atoms with van der Waals surface area (Å²) in [6.07, 6.45) is 5.79. The van der Waals surface area contributed by atoms with Gasteiger partial charge in [-0.05, 0) is 31.7 Å². The molecule has 0 saturated heterocycles. The van der Waals surface area contributed by atoms with E-state index in [9.17, 15) is 14.4 Å². The molecule has 1 saturated carbocycles. The summed E-state index contributed by atoms with van der Waals surface area (Å²) in [4.78, 5) is 37.5. The van der Waals surface area contributed by atoms with Crippen molar-refractivity contribution in [3.63, 3.8) is 0 Å². The molecule has 1 fully saturated rings. The third kappa shape index (κ3) is 3.92. The number of carbonyl (C=O) groups is 2. The van der Waals surface area contributed by atoms with E-state index < -0.39 is 5.69 Å². The lowest BCUT2D eigenvalue weighted by molar-refractivity contribution is -0.126. The molecule has 0 unspecified atom stereocenters. The van der Waals surface area contributed by atoms with Gasteiger partial charge >= 0.3 is 5.69 Å². The fourth-order valence-corrected chi connectivity index (χ4v) is 2.87. The Labute approximate surface area is 137 Å². The topological polar surface area (TPSA) is 133 Å². The van der Waals surface area contributed by atoms with Crippen molar-refractivity contribution >= 4 is 11.8 Å². The molecule has 2 aromatic heterocycles.